The molecule has 0 fully saturated rings. The van der Waals surface area contributed by atoms with Crippen LogP contribution in [0.5, 0.6) is 5.75 Å². The van der Waals surface area contributed by atoms with Crippen molar-refractivity contribution in [2.24, 2.45) is 0 Å². The van der Waals surface area contributed by atoms with Gasteiger partial charge in [-0.2, -0.15) is 0 Å². The van der Waals surface area contributed by atoms with Gasteiger partial charge in [0.1, 0.15) is 17.4 Å². The van der Waals surface area contributed by atoms with Gasteiger partial charge in [0.05, 0.1) is 11.3 Å². The fourth-order valence-electron chi connectivity index (χ4n) is 1.88. The topological polar surface area (TPSA) is 90.5 Å². The van der Waals surface area contributed by atoms with Crippen LogP contribution in [0.1, 0.15) is 17.3 Å². The standard InChI is InChI=1S/C17H15F2N3O3/c1-10(21-22-17(25)12-4-2-3-5-15(12)23)8-16(24)20-14-7-6-11(18)9-13(14)19/h2-9,21,23H,1H3,(H,20,24)(H,22,25). The summed E-state index contributed by atoms with van der Waals surface area (Å²) in [5, 5.41) is 11.8. The number of nitrogens with one attached hydrogen (secondary N) is 3. The van der Waals surface area contributed by atoms with Gasteiger partial charge in [0.25, 0.3) is 5.91 Å². The number of carbonyl (C=O) groups excluding carboxylic acids is 2. The Balaban J connectivity index is 1.93. The normalized spacial score (nSPS) is 10.9. The quantitative estimate of drug-likeness (QED) is 0.494. The molecule has 0 saturated heterocycles. The summed E-state index contributed by atoms with van der Waals surface area (Å²) in [4.78, 5) is 23.7. The Hall–Kier alpha value is -3.42. The van der Waals surface area contributed by atoms with Crippen LogP contribution in [0.15, 0.2) is 54.2 Å². The number of benzene rings is 2. The molecule has 6 nitrogen and oxygen atoms in total. The second-order valence-electron chi connectivity index (χ2n) is 5.04. The highest BCUT2D eigenvalue weighted by Gasteiger charge is 2.10. The van der Waals surface area contributed by atoms with E-state index in [1.165, 1.54) is 19.1 Å². The second-order valence-corrected chi connectivity index (χ2v) is 5.04. The average molecular weight is 347 g/mol. The van der Waals surface area contributed by atoms with E-state index < -0.39 is 23.4 Å². The van der Waals surface area contributed by atoms with Crippen LogP contribution < -0.4 is 16.2 Å². The zero-order valence-electron chi connectivity index (χ0n) is 13.1. The lowest BCUT2D eigenvalue weighted by Crippen LogP contribution is -2.36. The fraction of sp³-hybridized carbons (Fsp3) is 0.0588. The molecule has 2 aromatic rings. The van der Waals surface area contributed by atoms with Gasteiger partial charge in [0.2, 0.25) is 5.91 Å². The van der Waals surface area contributed by atoms with E-state index >= 15 is 0 Å². The number of para-hydroxylation sites is 1. The molecule has 2 amide bonds. The summed E-state index contributed by atoms with van der Waals surface area (Å²) < 4.78 is 26.3. The number of hydrogen-bond donors (Lipinski definition) is 4. The number of phenols is 1. The van der Waals surface area contributed by atoms with Crippen molar-refractivity contribution in [2.45, 2.75) is 6.92 Å². The van der Waals surface area contributed by atoms with Crippen molar-refractivity contribution in [2.75, 3.05) is 5.32 Å². The van der Waals surface area contributed by atoms with Gasteiger partial charge in [-0.25, -0.2) is 8.78 Å². The van der Waals surface area contributed by atoms with Crippen LogP contribution in [-0.2, 0) is 4.79 Å². The van der Waals surface area contributed by atoms with Gasteiger partial charge >= 0.3 is 0 Å². The first-order valence-electron chi connectivity index (χ1n) is 7.15. The Bertz CT molecular complexity index is 838. The minimum atomic E-state index is -0.903. The van der Waals surface area contributed by atoms with Gasteiger partial charge in [-0.3, -0.25) is 15.0 Å². The van der Waals surface area contributed by atoms with Crippen molar-refractivity contribution in [3.8, 4) is 5.75 Å². The number of halogens is 2. The summed E-state index contributed by atoms with van der Waals surface area (Å²) in [5.41, 5.74) is 4.93. The van der Waals surface area contributed by atoms with Crippen LogP contribution in [-0.4, -0.2) is 16.9 Å². The number of carbonyl (C=O) groups is 2. The van der Waals surface area contributed by atoms with E-state index in [-0.39, 0.29) is 22.7 Å². The summed E-state index contributed by atoms with van der Waals surface area (Å²) in [6.45, 7) is 1.49. The molecule has 0 aliphatic heterocycles. The van der Waals surface area contributed by atoms with E-state index in [0.29, 0.717) is 6.07 Å². The molecule has 0 atom stereocenters. The Morgan fingerprint density at radius 1 is 1.08 bits per heavy atom. The first-order valence-corrected chi connectivity index (χ1v) is 7.15. The molecule has 0 unspecified atom stereocenters. The van der Waals surface area contributed by atoms with E-state index in [0.717, 1.165) is 18.2 Å². The molecule has 130 valence electrons. The third kappa shape index (κ3) is 5.03. The summed E-state index contributed by atoms with van der Waals surface area (Å²) in [6, 6.07) is 8.71. The third-order valence-corrected chi connectivity index (χ3v) is 3.06. The van der Waals surface area contributed by atoms with Crippen LogP contribution in [0.3, 0.4) is 0 Å². The summed E-state index contributed by atoms with van der Waals surface area (Å²) in [5.74, 6) is -3.12. The molecule has 2 aromatic carbocycles. The fourth-order valence-corrected chi connectivity index (χ4v) is 1.88. The Morgan fingerprint density at radius 2 is 1.80 bits per heavy atom. The molecule has 4 N–H and O–H groups in total. The Morgan fingerprint density at radius 3 is 2.48 bits per heavy atom. The first-order chi connectivity index (χ1) is 11.9. The van der Waals surface area contributed by atoms with Crippen molar-refractivity contribution >= 4 is 17.5 Å². The lowest BCUT2D eigenvalue weighted by atomic mass is 10.2. The summed E-state index contributed by atoms with van der Waals surface area (Å²) >= 11 is 0. The predicted molar refractivity (Wildman–Crippen MR) is 87.5 cm³/mol. The highest BCUT2D eigenvalue weighted by Crippen LogP contribution is 2.15. The molecule has 0 bridgehead atoms. The van der Waals surface area contributed by atoms with Gasteiger partial charge in [0, 0.05) is 17.8 Å². The van der Waals surface area contributed by atoms with Crippen molar-refractivity contribution in [3.05, 3.63) is 71.4 Å². The van der Waals surface area contributed by atoms with Gasteiger partial charge in [-0.05, 0) is 31.2 Å². The maximum atomic E-state index is 13.5. The Labute approximate surface area is 142 Å². The molecule has 0 saturated carbocycles. The molecule has 0 aliphatic rings. The highest BCUT2D eigenvalue weighted by atomic mass is 19.1. The molecule has 2 rings (SSSR count). The minimum absolute atomic E-state index is 0.0561. The van der Waals surface area contributed by atoms with Crippen molar-refractivity contribution in [3.63, 3.8) is 0 Å². The molecule has 0 spiro atoms. The lowest BCUT2D eigenvalue weighted by Gasteiger charge is -2.10. The highest BCUT2D eigenvalue weighted by molar-refractivity contribution is 6.00. The lowest BCUT2D eigenvalue weighted by molar-refractivity contribution is -0.112. The molecular weight excluding hydrogens is 332 g/mol. The number of phenolic OH excluding ortho intramolecular Hbond substituents is 1. The van der Waals surface area contributed by atoms with E-state index in [4.69, 9.17) is 0 Å². The number of hydrogen-bond acceptors (Lipinski definition) is 4. The number of hydrazine groups is 1. The van der Waals surface area contributed by atoms with Crippen LogP contribution in [0.4, 0.5) is 14.5 Å². The second kappa shape index (κ2) is 7.91. The van der Waals surface area contributed by atoms with Gasteiger partial charge < -0.3 is 15.8 Å². The van der Waals surface area contributed by atoms with E-state index in [1.807, 2.05) is 0 Å². The van der Waals surface area contributed by atoms with Gasteiger partial charge in [0.15, 0.2) is 0 Å². The number of allylic oxidation sites excluding steroid dienone is 1. The average Bonchev–Trinajstić information content (AvgIpc) is 2.55. The largest absolute Gasteiger partial charge is 0.507 e. The SMILES string of the molecule is CC(=CC(=O)Nc1ccc(F)cc1F)NNC(=O)c1ccccc1O. The molecule has 0 aromatic heterocycles. The first kappa shape index (κ1) is 17.9. The summed E-state index contributed by atoms with van der Waals surface area (Å²) in [6.07, 6.45) is 1.08. The number of anilines is 1. The number of rotatable bonds is 5. The van der Waals surface area contributed by atoms with Crippen LogP contribution in [0.25, 0.3) is 0 Å². The maximum Gasteiger partial charge on any atom is 0.273 e. The number of amides is 2. The van der Waals surface area contributed by atoms with Gasteiger partial charge in [-0.1, -0.05) is 12.1 Å². The van der Waals surface area contributed by atoms with E-state index in [9.17, 15) is 23.5 Å². The smallest absolute Gasteiger partial charge is 0.273 e. The molecule has 25 heavy (non-hydrogen) atoms. The monoisotopic (exact) mass is 347 g/mol. The van der Waals surface area contributed by atoms with Crippen molar-refractivity contribution < 1.29 is 23.5 Å². The molecule has 0 aliphatic carbocycles. The zero-order chi connectivity index (χ0) is 18.4. The molecule has 0 heterocycles. The molecule has 0 radical (unpaired) electrons. The van der Waals surface area contributed by atoms with Gasteiger partial charge in [-0.15, -0.1) is 0 Å². The Kier molecular flexibility index (Phi) is 5.67. The summed E-state index contributed by atoms with van der Waals surface area (Å²) in [7, 11) is 0. The van der Waals surface area contributed by atoms with Crippen LogP contribution in [0, 0.1) is 11.6 Å². The number of aromatic hydroxyl groups is 1. The maximum absolute atomic E-state index is 13.5. The minimum Gasteiger partial charge on any atom is -0.507 e. The molecular formula is C17H15F2N3O3. The van der Waals surface area contributed by atoms with Crippen LogP contribution in [0.2, 0.25) is 0 Å². The van der Waals surface area contributed by atoms with E-state index in [1.54, 1.807) is 12.1 Å². The van der Waals surface area contributed by atoms with Crippen molar-refractivity contribution in [1.82, 2.24) is 10.9 Å². The zero-order valence-corrected chi connectivity index (χ0v) is 13.1. The van der Waals surface area contributed by atoms with Crippen LogP contribution >= 0.6 is 0 Å². The van der Waals surface area contributed by atoms with Crippen molar-refractivity contribution in [1.29, 1.82) is 0 Å². The molecule has 8 heteroatoms. The third-order valence-electron chi connectivity index (χ3n) is 3.06. The van der Waals surface area contributed by atoms with E-state index in [2.05, 4.69) is 16.2 Å². The predicted octanol–water partition coefficient (Wildman–Crippen LogP) is 2.45.